The summed E-state index contributed by atoms with van der Waals surface area (Å²) in [5, 5.41) is 10.8. The Labute approximate surface area is 159 Å². The molecule has 28 heavy (non-hydrogen) atoms. The first-order valence-electron chi connectivity index (χ1n) is 9.00. The van der Waals surface area contributed by atoms with Gasteiger partial charge in [-0.3, -0.25) is 9.89 Å². The standard InChI is InChI=1S/C20H18FN5O2/c1-10-5-15(28-2)19-13(7-22-25-19)18(10)11-3-4-17-23-16(9-26(17)8-11)24-20(27)12-6-14(12)21/h3-5,7-9,12,14H,6H2,1-2H3,(H,22,25)(H,24,27)/t12-,14+/m1/s1. The van der Waals surface area contributed by atoms with Gasteiger partial charge >= 0.3 is 0 Å². The minimum atomic E-state index is -1.03. The minimum Gasteiger partial charge on any atom is -0.494 e. The minimum absolute atomic E-state index is 0.292. The molecule has 142 valence electrons. The molecule has 5 rings (SSSR count). The second kappa shape index (κ2) is 6.05. The maximum Gasteiger partial charge on any atom is 0.231 e. The monoisotopic (exact) mass is 379 g/mol. The topological polar surface area (TPSA) is 84.3 Å². The number of halogens is 1. The van der Waals surface area contributed by atoms with Crippen LogP contribution in [0.2, 0.25) is 0 Å². The van der Waals surface area contributed by atoms with Crippen molar-refractivity contribution in [3.63, 3.8) is 0 Å². The zero-order chi connectivity index (χ0) is 19.4. The van der Waals surface area contributed by atoms with Crippen LogP contribution in [0.15, 0.2) is 36.8 Å². The number of nitrogens with zero attached hydrogens (tertiary/aromatic N) is 3. The van der Waals surface area contributed by atoms with E-state index in [0.717, 1.165) is 33.3 Å². The molecule has 0 bridgehead atoms. The van der Waals surface area contributed by atoms with Gasteiger partial charge in [-0.15, -0.1) is 0 Å². The molecule has 0 unspecified atom stereocenters. The number of benzene rings is 1. The number of hydrogen-bond acceptors (Lipinski definition) is 4. The Morgan fingerprint density at radius 3 is 2.96 bits per heavy atom. The lowest BCUT2D eigenvalue weighted by Crippen LogP contribution is -2.15. The van der Waals surface area contributed by atoms with Gasteiger partial charge < -0.3 is 14.5 Å². The predicted molar refractivity (Wildman–Crippen MR) is 103 cm³/mol. The predicted octanol–water partition coefficient (Wildman–Crippen LogP) is 3.49. The highest BCUT2D eigenvalue weighted by molar-refractivity contribution is 5.99. The highest BCUT2D eigenvalue weighted by atomic mass is 19.1. The summed E-state index contributed by atoms with van der Waals surface area (Å²) in [6, 6.07) is 5.84. The first-order valence-corrected chi connectivity index (χ1v) is 9.00. The maximum absolute atomic E-state index is 13.1. The number of nitrogens with one attached hydrogen (secondary N) is 2. The van der Waals surface area contributed by atoms with Crippen LogP contribution in [0.25, 0.3) is 27.7 Å². The molecule has 1 aliphatic rings. The molecule has 2 atom stereocenters. The smallest absolute Gasteiger partial charge is 0.231 e. The van der Waals surface area contributed by atoms with Crippen LogP contribution < -0.4 is 10.1 Å². The largest absolute Gasteiger partial charge is 0.494 e. The average molecular weight is 379 g/mol. The fourth-order valence-electron chi connectivity index (χ4n) is 3.62. The van der Waals surface area contributed by atoms with Crippen LogP contribution in [-0.4, -0.2) is 38.8 Å². The summed E-state index contributed by atoms with van der Waals surface area (Å²) in [5.41, 5.74) is 4.62. The number of hydrogen-bond donors (Lipinski definition) is 2. The van der Waals surface area contributed by atoms with Gasteiger partial charge in [-0.25, -0.2) is 9.37 Å². The van der Waals surface area contributed by atoms with E-state index < -0.39 is 12.1 Å². The lowest BCUT2D eigenvalue weighted by Gasteiger charge is -2.11. The van der Waals surface area contributed by atoms with Crippen LogP contribution in [0, 0.1) is 12.8 Å². The molecule has 3 heterocycles. The third-order valence-corrected chi connectivity index (χ3v) is 5.16. The molecule has 8 heteroatoms. The lowest BCUT2D eigenvalue weighted by molar-refractivity contribution is -0.117. The zero-order valence-electron chi connectivity index (χ0n) is 15.4. The van der Waals surface area contributed by atoms with Crippen LogP contribution in [0.3, 0.4) is 0 Å². The van der Waals surface area contributed by atoms with Gasteiger partial charge in [-0.1, -0.05) is 0 Å². The Balaban J connectivity index is 1.55. The number of rotatable bonds is 4. The van der Waals surface area contributed by atoms with Gasteiger partial charge in [0.15, 0.2) is 5.82 Å². The molecule has 1 saturated carbocycles. The number of aromatic nitrogens is 4. The quantitative estimate of drug-likeness (QED) is 0.568. The molecule has 1 aliphatic carbocycles. The SMILES string of the molecule is COc1cc(C)c(-c2ccc3nc(NC(=O)[C@@H]4C[C@@H]4F)cn3c2)c2cn[nH]c12. The number of methoxy groups -OCH3 is 1. The van der Waals surface area contributed by atoms with Gasteiger partial charge in [0.25, 0.3) is 0 Å². The molecule has 0 spiro atoms. The van der Waals surface area contributed by atoms with E-state index in [1.807, 2.05) is 35.7 Å². The van der Waals surface area contributed by atoms with Crippen molar-refractivity contribution in [1.29, 1.82) is 0 Å². The highest BCUT2D eigenvalue weighted by Gasteiger charge is 2.43. The summed E-state index contributed by atoms with van der Waals surface area (Å²) in [6.07, 6.45) is 4.74. The number of amides is 1. The summed E-state index contributed by atoms with van der Waals surface area (Å²) in [5.74, 6) is 0.300. The molecule has 0 radical (unpaired) electrons. The third kappa shape index (κ3) is 2.60. The number of fused-ring (bicyclic) bond motifs is 2. The molecule has 7 nitrogen and oxygen atoms in total. The van der Waals surface area contributed by atoms with E-state index in [0.29, 0.717) is 17.9 Å². The van der Waals surface area contributed by atoms with Gasteiger partial charge in [0.1, 0.15) is 23.1 Å². The van der Waals surface area contributed by atoms with Crippen LogP contribution in [0.1, 0.15) is 12.0 Å². The van der Waals surface area contributed by atoms with Crippen LogP contribution >= 0.6 is 0 Å². The second-order valence-electron chi connectivity index (χ2n) is 7.09. The molecule has 1 aromatic carbocycles. The van der Waals surface area contributed by atoms with Gasteiger partial charge in [-0.2, -0.15) is 5.10 Å². The Morgan fingerprint density at radius 1 is 1.39 bits per heavy atom. The van der Waals surface area contributed by atoms with E-state index in [4.69, 9.17) is 4.74 Å². The van der Waals surface area contributed by atoms with Crippen molar-refractivity contribution in [1.82, 2.24) is 19.6 Å². The highest BCUT2D eigenvalue weighted by Crippen LogP contribution is 2.37. The molecule has 0 aliphatic heterocycles. The van der Waals surface area contributed by atoms with Crippen LogP contribution in [0.4, 0.5) is 10.2 Å². The maximum atomic E-state index is 13.1. The molecule has 4 aromatic rings. The van der Waals surface area contributed by atoms with Crippen LogP contribution in [0.5, 0.6) is 5.75 Å². The first kappa shape index (κ1) is 16.7. The van der Waals surface area contributed by atoms with Crippen molar-refractivity contribution in [3.05, 3.63) is 42.4 Å². The van der Waals surface area contributed by atoms with E-state index in [2.05, 4.69) is 20.5 Å². The fourth-order valence-corrected chi connectivity index (χ4v) is 3.62. The third-order valence-electron chi connectivity index (χ3n) is 5.16. The molecule has 1 amide bonds. The van der Waals surface area contributed by atoms with Crippen molar-refractivity contribution in [3.8, 4) is 16.9 Å². The summed E-state index contributed by atoms with van der Waals surface area (Å²) in [7, 11) is 1.63. The van der Waals surface area contributed by atoms with Crippen molar-refractivity contribution in [2.45, 2.75) is 19.5 Å². The van der Waals surface area contributed by atoms with E-state index in [-0.39, 0.29) is 5.91 Å². The van der Waals surface area contributed by atoms with E-state index in [9.17, 15) is 9.18 Å². The summed E-state index contributed by atoms with van der Waals surface area (Å²) < 4.78 is 20.4. The lowest BCUT2D eigenvalue weighted by atomic mass is 9.97. The molecular formula is C20H18FN5O2. The van der Waals surface area contributed by atoms with Crippen molar-refractivity contribution < 1.29 is 13.9 Å². The van der Waals surface area contributed by atoms with E-state index in [1.165, 1.54) is 0 Å². The number of carbonyl (C=O) groups excluding carboxylic acids is 1. The number of aryl methyl sites for hydroxylation is 1. The fraction of sp³-hybridized carbons (Fsp3) is 0.250. The van der Waals surface area contributed by atoms with Gasteiger partial charge in [-0.05, 0) is 48.2 Å². The van der Waals surface area contributed by atoms with E-state index >= 15 is 0 Å². The normalized spacial score (nSPS) is 18.5. The number of pyridine rings is 1. The average Bonchev–Trinajstić information content (AvgIpc) is 3.06. The van der Waals surface area contributed by atoms with Gasteiger partial charge in [0, 0.05) is 11.6 Å². The molecule has 1 fully saturated rings. The Morgan fingerprint density at radius 2 is 2.21 bits per heavy atom. The number of alkyl halides is 1. The number of ether oxygens (including phenoxy) is 1. The Kier molecular flexibility index (Phi) is 3.61. The molecular weight excluding hydrogens is 361 g/mol. The van der Waals surface area contributed by atoms with Crippen LogP contribution in [-0.2, 0) is 4.79 Å². The summed E-state index contributed by atoms with van der Waals surface area (Å²) in [6.45, 7) is 2.02. The Bertz CT molecular complexity index is 1230. The zero-order valence-corrected chi connectivity index (χ0v) is 15.4. The van der Waals surface area contributed by atoms with Crippen molar-refractivity contribution in [2.75, 3.05) is 12.4 Å². The Hall–Kier alpha value is -3.42. The van der Waals surface area contributed by atoms with E-state index in [1.54, 1.807) is 19.5 Å². The summed E-state index contributed by atoms with van der Waals surface area (Å²) in [4.78, 5) is 16.3. The number of H-pyrrole nitrogens is 1. The number of carbonyl (C=O) groups is 1. The number of aromatic amines is 1. The first-order chi connectivity index (χ1) is 13.5. The number of imidazole rings is 1. The number of anilines is 1. The van der Waals surface area contributed by atoms with Crippen molar-refractivity contribution in [2.24, 2.45) is 5.92 Å². The van der Waals surface area contributed by atoms with Gasteiger partial charge in [0.05, 0.1) is 25.4 Å². The van der Waals surface area contributed by atoms with Gasteiger partial charge in [0.2, 0.25) is 5.91 Å². The second-order valence-corrected chi connectivity index (χ2v) is 7.09. The molecule has 3 aromatic heterocycles. The molecule has 2 N–H and O–H groups in total. The van der Waals surface area contributed by atoms with Crippen molar-refractivity contribution >= 4 is 28.3 Å². The summed E-state index contributed by atoms with van der Waals surface area (Å²) >= 11 is 0. The molecule has 0 saturated heterocycles.